The maximum Gasteiger partial charge on any atom is 0.472 e. The van der Waals surface area contributed by atoms with E-state index in [1.54, 1.807) is 0 Å². The van der Waals surface area contributed by atoms with Crippen LogP contribution in [0.4, 0.5) is 0 Å². The van der Waals surface area contributed by atoms with Gasteiger partial charge in [-0.3, -0.25) is 13.8 Å². The van der Waals surface area contributed by atoms with Crippen molar-refractivity contribution < 1.29 is 37.6 Å². The Balaban J connectivity index is 3.84. The molecule has 0 aliphatic heterocycles. The summed E-state index contributed by atoms with van der Waals surface area (Å²) in [4.78, 5) is 21.7. The summed E-state index contributed by atoms with van der Waals surface area (Å²) >= 11 is 0. The molecule has 0 aliphatic carbocycles. The Bertz CT molecular complexity index is 711. The zero-order valence-electron chi connectivity index (χ0n) is 22.0. The number of ether oxygens (including phenoxy) is 1. The van der Waals surface area contributed by atoms with Crippen LogP contribution in [-0.4, -0.2) is 74.1 Å². The van der Waals surface area contributed by atoms with E-state index in [4.69, 9.17) is 13.8 Å². The average molecular weight is 517 g/mol. The fourth-order valence-corrected chi connectivity index (χ4v) is 3.54. The standard InChI is InChI=1S/C26H46NO7P/c1-5-6-7-8-9-10-11-12-13-14-15-16-17-18-19-20-26(29)34-25(23-28)24-33-35(30,31)32-22-21-27(2,3)4/h5-12,25,28H,13-24H2,1-4H3/p+1/b6-5-,8-7-,10-9-,12-11-. The molecule has 0 heterocycles. The van der Waals surface area contributed by atoms with E-state index in [-0.39, 0.29) is 13.0 Å². The van der Waals surface area contributed by atoms with Crippen LogP contribution in [0.15, 0.2) is 48.6 Å². The number of hydrogen-bond donors (Lipinski definition) is 2. The average Bonchev–Trinajstić information content (AvgIpc) is 2.78. The van der Waals surface area contributed by atoms with Crippen LogP contribution in [0.1, 0.15) is 58.3 Å². The minimum Gasteiger partial charge on any atom is -0.457 e. The van der Waals surface area contributed by atoms with Crippen molar-refractivity contribution in [1.82, 2.24) is 0 Å². The summed E-state index contributed by atoms with van der Waals surface area (Å²) in [5.74, 6) is -0.454. The number of carbonyl (C=O) groups excluding carboxylic acids is 1. The molecule has 202 valence electrons. The number of esters is 1. The molecule has 0 amide bonds. The summed E-state index contributed by atoms with van der Waals surface area (Å²) in [5, 5.41) is 9.37. The lowest BCUT2D eigenvalue weighted by Crippen LogP contribution is -2.37. The van der Waals surface area contributed by atoms with Gasteiger partial charge in [0, 0.05) is 6.42 Å². The van der Waals surface area contributed by atoms with E-state index >= 15 is 0 Å². The number of phosphoric acid groups is 1. The van der Waals surface area contributed by atoms with Crippen molar-refractivity contribution >= 4 is 13.8 Å². The van der Waals surface area contributed by atoms with E-state index < -0.39 is 33.1 Å². The number of quaternary nitrogens is 1. The molecular formula is C26H47NO7P+. The third kappa shape index (κ3) is 24.0. The SMILES string of the molecule is C\C=C/C=C\C=C/C=C\CCCCCCCCC(=O)OC(CO)COP(=O)(O)OCC[N+](C)(C)C. The molecule has 0 aromatic heterocycles. The van der Waals surface area contributed by atoms with Crippen LogP contribution in [0, 0.1) is 0 Å². The second-order valence-corrected chi connectivity index (χ2v) is 10.7. The molecule has 2 N–H and O–H groups in total. The Morgan fingerprint density at radius 1 is 0.914 bits per heavy atom. The van der Waals surface area contributed by atoms with E-state index in [1.807, 2.05) is 64.5 Å². The summed E-state index contributed by atoms with van der Waals surface area (Å²) < 4.78 is 27.4. The predicted octanol–water partition coefficient (Wildman–Crippen LogP) is 5.10. The summed E-state index contributed by atoms with van der Waals surface area (Å²) in [6.45, 7) is 1.65. The Labute approximate surface area is 212 Å². The minimum atomic E-state index is -4.27. The number of allylic oxidation sites excluding steroid dienone is 8. The van der Waals surface area contributed by atoms with Crippen LogP contribution in [0.25, 0.3) is 0 Å². The molecule has 0 saturated carbocycles. The Morgan fingerprint density at radius 3 is 2.14 bits per heavy atom. The summed E-state index contributed by atoms with van der Waals surface area (Å²) in [6, 6.07) is 0. The summed E-state index contributed by atoms with van der Waals surface area (Å²) in [7, 11) is 1.52. The number of rotatable bonds is 21. The van der Waals surface area contributed by atoms with Crippen molar-refractivity contribution in [3.8, 4) is 0 Å². The molecule has 0 rings (SSSR count). The molecule has 0 bridgehead atoms. The molecule has 0 aliphatic rings. The van der Waals surface area contributed by atoms with Crippen molar-refractivity contribution in [2.24, 2.45) is 0 Å². The molecule has 0 aromatic carbocycles. The third-order valence-electron chi connectivity index (χ3n) is 4.83. The fourth-order valence-electron chi connectivity index (χ4n) is 2.79. The van der Waals surface area contributed by atoms with E-state index in [0.717, 1.165) is 38.5 Å². The lowest BCUT2D eigenvalue weighted by molar-refractivity contribution is -0.870. The zero-order chi connectivity index (χ0) is 26.4. The van der Waals surface area contributed by atoms with Crippen molar-refractivity contribution in [1.29, 1.82) is 0 Å². The van der Waals surface area contributed by atoms with E-state index in [0.29, 0.717) is 17.4 Å². The zero-order valence-corrected chi connectivity index (χ0v) is 22.9. The van der Waals surface area contributed by atoms with Gasteiger partial charge in [-0.2, -0.15) is 0 Å². The van der Waals surface area contributed by atoms with Crippen LogP contribution in [-0.2, 0) is 23.1 Å². The lowest BCUT2D eigenvalue weighted by Gasteiger charge is -2.24. The normalized spacial score (nSPS) is 15.5. The molecule has 2 atom stereocenters. The van der Waals surface area contributed by atoms with Gasteiger partial charge in [0.2, 0.25) is 0 Å². The van der Waals surface area contributed by atoms with Gasteiger partial charge < -0.3 is 19.2 Å². The second kappa shape index (κ2) is 20.6. The number of unbranched alkanes of at least 4 members (excludes halogenated alkanes) is 6. The Kier molecular flexibility index (Phi) is 19.7. The Hall–Kier alpha value is -1.54. The number of phosphoric ester groups is 1. The topological polar surface area (TPSA) is 102 Å². The van der Waals surface area contributed by atoms with Crippen molar-refractivity contribution in [2.45, 2.75) is 64.4 Å². The number of likely N-dealkylation sites (N-methyl/N-ethyl adjacent to an activating group) is 1. The maximum atomic E-state index is 12.0. The van der Waals surface area contributed by atoms with E-state index in [2.05, 4.69) is 12.2 Å². The van der Waals surface area contributed by atoms with E-state index in [9.17, 15) is 19.4 Å². The van der Waals surface area contributed by atoms with Crippen LogP contribution < -0.4 is 0 Å². The van der Waals surface area contributed by atoms with Gasteiger partial charge in [0.1, 0.15) is 19.3 Å². The first-order chi connectivity index (χ1) is 16.6. The van der Waals surface area contributed by atoms with E-state index in [1.165, 1.54) is 0 Å². The highest BCUT2D eigenvalue weighted by atomic mass is 31.2. The smallest absolute Gasteiger partial charge is 0.457 e. The monoisotopic (exact) mass is 516 g/mol. The maximum absolute atomic E-state index is 12.0. The predicted molar refractivity (Wildman–Crippen MR) is 141 cm³/mol. The van der Waals surface area contributed by atoms with Gasteiger partial charge in [0.05, 0.1) is 34.4 Å². The van der Waals surface area contributed by atoms with Gasteiger partial charge in [0.25, 0.3) is 0 Å². The molecule has 0 radical (unpaired) electrons. The van der Waals surface area contributed by atoms with Crippen LogP contribution in [0.2, 0.25) is 0 Å². The molecule has 9 heteroatoms. The number of aliphatic hydroxyl groups excluding tert-OH is 1. The largest absolute Gasteiger partial charge is 0.472 e. The first-order valence-corrected chi connectivity index (χ1v) is 13.9. The fraction of sp³-hybridized carbons (Fsp3) is 0.654. The lowest BCUT2D eigenvalue weighted by atomic mass is 10.1. The third-order valence-corrected chi connectivity index (χ3v) is 5.81. The quantitative estimate of drug-likeness (QED) is 0.0720. The Morgan fingerprint density at radius 2 is 1.51 bits per heavy atom. The highest BCUT2D eigenvalue weighted by Gasteiger charge is 2.25. The summed E-state index contributed by atoms with van der Waals surface area (Å²) in [6.07, 6.45) is 22.6. The molecule has 0 aromatic rings. The molecule has 8 nitrogen and oxygen atoms in total. The molecule has 35 heavy (non-hydrogen) atoms. The first-order valence-electron chi connectivity index (χ1n) is 12.4. The van der Waals surface area contributed by atoms with Crippen LogP contribution >= 0.6 is 7.82 Å². The molecule has 0 saturated heterocycles. The second-order valence-electron chi connectivity index (χ2n) is 9.29. The van der Waals surface area contributed by atoms with Crippen molar-refractivity contribution in [2.75, 3.05) is 47.5 Å². The number of hydrogen-bond acceptors (Lipinski definition) is 6. The number of nitrogens with zero attached hydrogens (tertiary/aromatic N) is 1. The van der Waals surface area contributed by atoms with Gasteiger partial charge in [0.15, 0.2) is 0 Å². The van der Waals surface area contributed by atoms with Gasteiger partial charge in [-0.1, -0.05) is 74.3 Å². The van der Waals surface area contributed by atoms with Crippen LogP contribution in [0.5, 0.6) is 0 Å². The summed E-state index contributed by atoms with van der Waals surface area (Å²) in [5.41, 5.74) is 0. The van der Waals surface area contributed by atoms with Gasteiger partial charge in [-0.25, -0.2) is 4.57 Å². The molecule has 2 unspecified atom stereocenters. The minimum absolute atomic E-state index is 0.0457. The highest BCUT2D eigenvalue weighted by molar-refractivity contribution is 7.47. The van der Waals surface area contributed by atoms with Gasteiger partial charge in [-0.05, 0) is 26.2 Å². The highest BCUT2D eigenvalue weighted by Crippen LogP contribution is 2.43. The first kappa shape index (κ1) is 33.5. The van der Waals surface area contributed by atoms with Gasteiger partial charge >= 0.3 is 13.8 Å². The molecular weight excluding hydrogens is 469 g/mol. The molecule has 0 fully saturated rings. The van der Waals surface area contributed by atoms with Crippen LogP contribution in [0.3, 0.4) is 0 Å². The van der Waals surface area contributed by atoms with Crippen molar-refractivity contribution in [3.63, 3.8) is 0 Å². The number of carbonyl (C=O) groups is 1. The molecule has 0 spiro atoms. The number of aliphatic hydroxyl groups is 1. The van der Waals surface area contributed by atoms with Gasteiger partial charge in [-0.15, -0.1) is 0 Å². The van der Waals surface area contributed by atoms with Crippen molar-refractivity contribution in [3.05, 3.63) is 48.6 Å².